The minimum absolute atomic E-state index is 0.0722. The van der Waals surface area contributed by atoms with E-state index in [4.69, 9.17) is 35.2 Å². The van der Waals surface area contributed by atoms with E-state index in [0.717, 1.165) is 0 Å². The third kappa shape index (κ3) is 4.69. The largest absolute Gasteiger partial charge is 0.487 e. The number of hydrogen-bond donors (Lipinski definition) is 3. The Bertz CT molecular complexity index is 435. The highest BCUT2D eigenvalue weighted by Crippen LogP contribution is 2.28. The molecule has 112 valence electrons. The van der Waals surface area contributed by atoms with E-state index in [1.54, 1.807) is 18.2 Å². The average Bonchev–Trinajstić information content (AvgIpc) is 2.46. The van der Waals surface area contributed by atoms with E-state index in [9.17, 15) is 0 Å². The summed E-state index contributed by atoms with van der Waals surface area (Å²) < 4.78 is 21.0. The van der Waals surface area contributed by atoms with Gasteiger partial charge in [0.25, 0.3) is 0 Å². The van der Waals surface area contributed by atoms with Gasteiger partial charge in [0.2, 0.25) is 0 Å². The lowest BCUT2D eigenvalue weighted by Crippen LogP contribution is -2.22. The van der Waals surface area contributed by atoms with Crippen LogP contribution in [0.25, 0.3) is 0 Å². The Labute approximate surface area is 117 Å². The van der Waals surface area contributed by atoms with Gasteiger partial charge >= 0.3 is 0 Å². The molecule has 0 aromatic heterocycles. The van der Waals surface area contributed by atoms with Crippen LogP contribution in [0.3, 0.4) is 0 Å². The monoisotopic (exact) mass is 284 g/mol. The predicted octanol–water partition coefficient (Wildman–Crippen LogP) is 0.339. The molecule has 0 atom stereocenters. The number of nitrogens with one attached hydrogen (secondary N) is 1. The Balaban J connectivity index is 2.84. The summed E-state index contributed by atoms with van der Waals surface area (Å²) in [6, 6.07) is 4.88. The van der Waals surface area contributed by atoms with E-state index in [1.165, 1.54) is 14.2 Å². The van der Waals surface area contributed by atoms with Crippen LogP contribution in [0.15, 0.2) is 18.2 Å². The van der Waals surface area contributed by atoms with Crippen LogP contribution in [-0.2, 0) is 9.47 Å². The van der Waals surface area contributed by atoms with E-state index >= 15 is 0 Å². The number of nitrogen functional groups attached to an aromatic ring is 1. The minimum atomic E-state index is -0.492. The number of hydrogen-bond acceptors (Lipinski definition) is 6. The van der Waals surface area contributed by atoms with E-state index < -0.39 is 6.29 Å². The average molecular weight is 284 g/mol. The van der Waals surface area contributed by atoms with Crippen molar-refractivity contribution >= 4 is 5.84 Å². The van der Waals surface area contributed by atoms with Crippen molar-refractivity contribution in [3.05, 3.63) is 23.8 Å². The van der Waals surface area contributed by atoms with Crippen molar-refractivity contribution in [2.45, 2.75) is 6.29 Å². The fourth-order valence-electron chi connectivity index (χ4n) is 1.45. The number of ether oxygens (including phenoxy) is 4. The second-order valence-corrected chi connectivity index (χ2v) is 3.86. The fraction of sp³-hybridized carbons (Fsp3) is 0.462. The Morgan fingerprint density at radius 2 is 1.95 bits per heavy atom. The van der Waals surface area contributed by atoms with Crippen molar-refractivity contribution in [2.24, 2.45) is 5.73 Å². The molecule has 4 N–H and O–H groups in total. The smallest absolute Gasteiger partial charge is 0.191 e. The van der Waals surface area contributed by atoms with E-state index in [-0.39, 0.29) is 25.7 Å². The summed E-state index contributed by atoms with van der Waals surface area (Å²) in [5.74, 6) is 0.789. The molecule has 7 heteroatoms. The van der Waals surface area contributed by atoms with Crippen molar-refractivity contribution in [1.29, 1.82) is 5.41 Å². The Hall–Kier alpha value is -1.83. The second kappa shape index (κ2) is 8.36. The number of benzene rings is 1. The van der Waals surface area contributed by atoms with E-state index in [1.807, 2.05) is 0 Å². The number of aliphatic hydroxyl groups excluding tert-OH is 1. The maximum absolute atomic E-state index is 8.82. The maximum atomic E-state index is 8.82. The lowest BCUT2D eigenvalue weighted by atomic mass is 10.2. The first-order chi connectivity index (χ1) is 9.62. The first kappa shape index (κ1) is 16.2. The van der Waals surface area contributed by atoms with Crippen LogP contribution >= 0.6 is 0 Å². The zero-order valence-electron chi connectivity index (χ0n) is 11.6. The molecule has 1 aromatic carbocycles. The SMILES string of the molecule is COC(COc1ccc(C(=N)N)cc1OCCO)OC. The standard InChI is InChI=1S/C13H20N2O5/c1-17-12(18-2)8-20-10-4-3-9(13(14)15)7-11(10)19-6-5-16/h3-4,7,12,16H,5-6,8H2,1-2H3,(H3,14,15). The summed E-state index contributed by atoms with van der Waals surface area (Å²) in [4.78, 5) is 0. The van der Waals surface area contributed by atoms with E-state index in [0.29, 0.717) is 17.1 Å². The van der Waals surface area contributed by atoms with Gasteiger partial charge in [-0.15, -0.1) is 0 Å². The third-order valence-electron chi connectivity index (χ3n) is 2.50. The van der Waals surface area contributed by atoms with Gasteiger partial charge in [-0.25, -0.2) is 0 Å². The minimum Gasteiger partial charge on any atom is -0.487 e. The van der Waals surface area contributed by atoms with Gasteiger partial charge in [0.05, 0.1) is 6.61 Å². The summed E-state index contributed by atoms with van der Waals surface area (Å²) >= 11 is 0. The lowest BCUT2D eigenvalue weighted by Gasteiger charge is -2.17. The molecule has 7 nitrogen and oxygen atoms in total. The molecule has 0 heterocycles. The molecular formula is C13H20N2O5. The number of rotatable bonds is 9. The molecule has 0 spiro atoms. The molecule has 0 saturated carbocycles. The van der Waals surface area contributed by atoms with Crippen molar-refractivity contribution in [2.75, 3.05) is 34.0 Å². The molecule has 0 bridgehead atoms. The molecule has 0 saturated heterocycles. The van der Waals surface area contributed by atoms with Gasteiger partial charge in [-0.3, -0.25) is 5.41 Å². The quantitative estimate of drug-likeness (QED) is 0.343. The van der Waals surface area contributed by atoms with Crippen molar-refractivity contribution in [1.82, 2.24) is 0 Å². The number of amidine groups is 1. The molecule has 0 fully saturated rings. The van der Waals surface area contributed by atoms with Crippen LogP contribution in [0.1, 0.15) is 5.56 Å². The van der Waals surface area contributed by atoms with Gasteiger partial charge in [-0.2, -0.15) is 0 Å². The normalized spacial score (nSPS) is 10.6. The van der Waals surface area contributed by atoms with Crippen molar-refractivity contribution < 1.29 is 24.1 Å². The van der Waals surface area contributed by atoms with E-state index in [2.05, 4.69) is 0 Å². The summed E-state index contributed by atoms with van der Waals surface area (Å²) in [7, 11) is 3.03. The molecule has 0 aliphatic carbocycles. The third-order valence-corrected chi connectivity index (χ3v) is 2.50. The second-order valence-electron chi connectivity index (χ2n) is 3.86. The maximum Gasteiger partial charge on any atom is 0.191 e. The molecule has 0 aliphatic rings. The molecular weight excluding hydrogens is 264 g/mol. The molecule has 20 heavy (non-hydrogen) atoms. The Kier molecular flexibility index (Phi) is 6.78. The van der Waals surface area contributed by atoms with Crippen LogP contribution in [0.4, 0.5) is 0 Å². The van der Waals surface area contributed by atoms with Crippen LogP contribution in [-0.4, -0.2) is 51.3 Å². The Morgan fingerprint density at radius 3 is 2.50 bits per heavy atom. The summed E-state index contributed by atoms with van der Waals surface area (Å²) in [6.45, 7) is 0.181. The van der Waals surface area contributed by atoms with Gasteiger partial charge in [-0.05, 0) is 18.2 Å². The first-order valence-corrected chi connectivity index (χ1v) is 6.02. The predicted molar refractivity (Wildman–Crippen MR) is 73.3 cm³/mol. The highest BCUT2D eigenvalue weighted by atomic mass is 16.7. The highest BCUT2D eigenvalue weighted by Gasteiger charge is 2.11. The van der Waals surface area contributed by atoms with Crippen LogP contribution in [0.2, 0.25) is 0 Å². The first-order valence-electron chi connectivity index (χ1n) is 6.02. The molecule has 1 aromatic rings. The lowest BCUT2D eigenvalue weighted by molar-refractivity contribution is -0.122. The molecule has 0 radical (unpaired) electrons. The van der Waals surface area contributed by atoms with Gasteiger partial charge in [0.1, 0.15) is 19.0 Å². The molecule has 0 aliphatic heterocycles. The molecule has 0 amide bonds. The van der Waals surface area contributed by atoms with Gasteiger partial charge in [-0.1, -0.05) is 0 Å². The molecule has 0 unspecified atom stereocenters. The summed E-state index contributed by atoms with van der Waals surface area (Å²) in [6.07, 6.45) is -0.492. The van der Waals surface area contributed by atoms with Gasteiger partial charge in [0, 0.05) is 19.8 Å². The van der Waals surface area contributed by atoms with Crippen LogP contribution in [0, 0.1) is 5.41 Å². The van der Waals surface area contributed by atoms with Gasteiger partial charge in [0.15, 0.2) is 17.8 Å². The number of nitrogens with two attached hydrogens (primary N) is 1. The highest BCUT2D eigenvalue weighted by molar-refractivity contribution is 5.95. The zero-order chi connectivity index (χ0) is 15.0. The van der Waals surface area contributed by atoms with Crippen molar-refractivity contribution in [3.8, 4) is 11.5 Å². The number of aliphatic hydroxyl groups is 1. The van der Waals surface area contributed by atoms with Crippen LogP contribution in [0.5, 0.6) is 11.5 Å². The van der Waals surface area contributed by atoms with Crippen molar-refractivity contribution in [3.63, 3.8) is 0 Å². The molecule has 1 rings (SSSR count). The fourth-order valence-corrected chi connectivity index (χ4v) is 1.45. The summed E-state index contributed by atoms with van der Waals surface area (Å²) in [5.41, 5.74) is 5.94. The zero-order valence-corrected chi connectivity index (χ0v) is 11.6. The topological polar surface area (TPSA) is 107 Å². The van der Waals surface area contributed by atoms with Crippen LogP contribution < -0.4 is 15.2 Å². The van der Waals surface area contributed by atoms with Gasteiger partial charge < -0.3 is 29.8 Å². The Morgan fingerprint density at radius 1 is 1.25 bits per heavy atom. The number of methoxy groups -OCH3 is 2. The summed E-state index contributed by atoms with van der Waals surface area (Å²) in [5, 5.41) is 16.2.